The molecule has 4 rings (SSSR count). The number of nitrogens with one attached hydrogen (secondary N) is 1. The number of rotatable bonds is 8. The number of aromatic nitrogens is 4. The normalized spacial score (nSPS) is 12.2. The Hall–Kier alpha value is -3.54. The average molecular weight is 429 g/mol. The molecule has 0 aliphatic carbocycles. The number of fused-ring (bicyclic) bond motifs is 1. The maximum absolute atomic E-state index is 12.8. The molecule has 0 bridgehead atoms. The van der Waals surface area contributed by atoms with Crippen molar-refractivity contribution in [3.8, 4) is 0 Å². The molecule has 1 N–H and O–H groups in total. The van der Waals surface area contributed by atoms with E-state index in [9.17, 15) is 9.59 Å². The van der Waals surface area contributed by atoms with Gasteiger partial charge < -0.3 is 4.98 Å². The van der Waals surface area contributed by atoms with Crippen molar-refractivity contribution in [2.45, 2.75) is 52.4 Å². The number of carbonyl (C=O) groups excluding carboxylic acids is 1. The van der Waals surface area contributed by atoms with Crippen LogP contribution in [0.1, 0.15) is 59.7 Å². The number of imidazole rings is 1. The van der Waals surface area contributed by atoms with Crippen LogP contribution in [0.4, 0.5) is 0 Å². The molecule has 6 heteroatoms. The third-order valence-corrected chi connectivity index (χ3v) is 5.84. The summed E-state index contributed by atoms with van der Waals surface area (Å²) in [4.78, 5) is 32.9. The molecule has 2 aromatic carbocycles. The highest BCUT2D eigenvalue weighted by Gasteiger charge is 2.25. The number of benzene rings is 2. The first-order chi connectivity index (χ1) is 15.4. The number of hydrogen-bond acceptors (Lipinski definition) is 4. The largest absolute Gasteiger partial charge is 0.307 e. The first-order valence-electron chi connectivity index (χ1n) is 11.0. The average Bonchev–Trinajstić information content (AvgIpc) is 3.09. The van der Waals surface area contributed by atoms with Crippen LogP contribution >= 0.6 is 0 Å². The van der Waals surface area contributed by atoms with Crippen molar-refractivity contribution in [3.05, 3.63) is 99.0 Å². The lowest BCUT2D eigenvalue weighted by atomic mass is 9.95. The molecule has 2 aromatic heterocycles. The fraction of sp³-hybridized carbons (Fsp3) is 0.308. The van der Waals surface area contributed by atoms with Gasteiger partial charge >= 0.3 is 0 Å². The Morgan fingerprint density at radius 1 is 1.03 bits per heavy atom. The number of aromatic amines is 1. The molecule has 164 valence electrons. The predicted molar refractivity (Wildman–Crippen MR) is 125 cm³/mol. The van der Waals surface area contributed by atoms with Crippen LogP contribution < -0.4 is 5.56 Å². The molecule has 0 aliphatic heterocycles. The van der Waals surface area contributed by atoms with Gasteiger partial charge in [0.05, 0.1) is 11.6 Å². The summed E-state index contributed by atoms with van der Waals surface area (Å²) in [6.45, 7) is 5.41. The summed E-state index contributed by atoms with van der Waals surface area (Å²) in [6, 6.07) is 18.4. The summed E-state index contributed by atoms with van der Waals surface area (Å²) in [5, 5.41) is 4.69. The number of aryl methyl sites for hydroxylation is 3. The first kappa shape index (κ1) is 21.7. The molecular formula is C26H28N4O2. The number of H-pyrrole nitrogens is 1. The van der Waals surface area contributed by atoms with E-state index in [1.165, 1.54) is 11.1 Å². The molecule has 0 saturated heterocycles. The molecule has 0 saturated carbocycles. The zero-order chi connectivity index (χ0) is 22.7. The SMILES string of the molecule is CC(=O)C(CCCc1ccccc1)c1nc(C)c2c(=O)[nH]c(Cc3ccc(C)cc3)nn12. The van der Waals surface area contributed by atoms with Gasteiger partial charge in [-0.1, -0.05) is 60.2 Å². The van der Waals surface area contributed by atoms with Crippen LogP contribution in [0.3, 0.4) is 0 Å². The van der Waals surface area contributed by atoms with Gasteiger partial charge in [0.1, 0.15) is 17.4 Å². The molecule has 2 heterocycles. The molecule has 0 radical (unpaired) electrons. The third-order valence-electron chi connectivity index (χ3n) is 5.84. The van der Waals surface area contributed by atoms with Crippen LogP contribution in [-0.4, -0.2) is 25.4 Å². The summed E-state index contributed by atoms with van der Waals surface area (Å²) in [5.74, 6) is 0.736. The second-order valence-electron chi connectivity index (χ2n) is 8.42. The zero-order valence-electron chi connectivity index (χ0n) is 18.8. The first-order valence-corrected chi connectivity index (χ1v) is 11.0. The van der Waals surface area contributed by atoms with Gasteiger partial charge in [0.25, 0.3) is 5.56 Å². The van der Waals surface area contributed by atoms with Crippen molar-refractivity contribution in [2.24, 2.45) is 0 Å². The Labute approximate surface area is 187 Å². The van der Waals surface area contributed by atoms with Crippen LogP contribution in [0.2, 0.25) is 0 Å². The van der Waals surface area contributed by atoms with Gasteiger partial charge in [0.15, 0.2) is 5.52 Å². The number of carbonyl (C=O) groups is 1. The molecule has 6 nitrogen and oxygen atoms in total. The lowest BCUT2D eigenvalue weighted by Crippen LogP contribution is -2.20. The van der Waals surface area contributed by atoms with Gasteiger partial charge in [-0.3, -0.25) is 9.59 Å². The highest BCUT2D eigenvalue weighted by atomic mass is 16.1. The lowest BCUT2D eigenvalue weighted by Gasteiger charge is -2.13. The Kier molecular flexibility index (Phi) is 6.30. The van der Waals surface area contributed by atoms with E-state index in [4.69, 9.17) is 5.10 Å². The van der Waals surface area contributed by atoms with E-state index in [2.05, 4.69) is 22.1 Å². The summed E-state index contributed by atoms with van der Waals surface area (Å²) < 4.78 is 1.59. The second-order valence-corrected chi connectivity index (χ2v) is 8.42. The monoisotopic (exact) mass is 428 g/mol. The molecule has 32 heavy (non-hydrogen) atoms. The third kappa shape index (κ3) is 4.69. The van der Waals surface area contributed by atoms with E-state index in [0.29, 0.717) is 35.7 Å². The highest BCUT2D eigenvalue weighted by Crippen LogP contribution is 2.24. The van der Waals surface area contributed by atoms with Gasteiger partial charge in [-0.15, -0.1) is 0 Å². The second kappa shape index (κ2) is 9.30. The smallest absolute Gasteiger partial charge is 0.277 e. The summed E-state index contributed by atoms with van der Waals surface area (Å²) >= 11 is 0. The van der Waals surface area contributed by atoms with Gasteiger partial charge in [-0.05, 0) is 51.2 Å². The van der Waals surface area contributed by atoms with Gasteiger partial charge in [-0.25, -0.2) is 9.50 Å². The van der Waals surface area contributed by atoms with E-state index in [1.54, 1.807) is 18.4 Å². The highest BCUT2D eigenvalue weighted by molar-refractivity contribution is 5.82. The van der Waals surface area contributed by atoms with E-state index < -0.39 is 5.92 Å². The molecule has 1 unspecified atom stereocenters. The number of hydrogen-bond donors (Lipinski definition) is 1. The predicted octanol–water partition coefficient (Wildman–Crippen LogP) is 4.32. The topological polar surface area (TPSA) is 80.1 Å². The van der Waals surface area contributed by atoms with E-state index >= 15 is 0 Å². The van der Waals surface area contributed by atoms with E-state index in [1.807, 2.05) is 49.4 Å². The van der Waals surface area contributed by atoms with Gasteiger partial charge in [-0.2, -0.15) is 5.10 Å². The summed E-state index contributed by atoms with van der Waals surface area (Å²) in [5.41, 5.74) is 4.24. The van der Waals surface area contributed by atoms with Crippen LogP contribution in [0.25, 0.3) is 5.52 Å². The van der Waals surface area contributed by atoms with Crippen LogP contribution in [-0.2, 0) is 17.6 Å². The van der Waals surface area contributed by atoms with Crippen LogP contribution in [0, 0.1) is 13.8 Å². The molecule has 0 amide bonds. The summed E-state index contributed by atoms with van der Waals surface area (Å²) in [6.07, 6.45) is 2.90. The summed E-state index contributed by atoms with van der Waals surface area (Å²) in [7, 11) is 0. The zero-order valence-corrected chi connectivity index (χ0v) is 18.8. The van der Waals surface area contributed by atoms with Crippen molar-refractivity contribution < 1.29 is 4.79 Å². The van der Waals surface area contributed by atoms with E-state index in [-0.39, 0.29) is 11.3 Å². The van der Waals surface area contributed by atoms with Crippen LogP contribution in [0.5, 0.6) is 0 Å². The standard InChI is InChI=1S/C26H28N4O2/c1-17-12-14-21(15-13-17)16-23-28-26(32)24-18(2)27-25(30(24)29-23)22(19(3)31)11-7-10-20-8-5-4-6-9-20/h4-6,8-9,12-15,22H,7,10-11,16H2,1-3H3,(H,28,29,32). The Morgan fingerprint density at radius 2 is 1.75 bits per heavy atom. The minimum Gasteiger partial charge on any atom is -0.307 e. The van der Waals surface area contributed by atoms with Crippen LogP contribution in [0.15, 0.2) is 59.4 Å². The fourth-order valence-electron chi connectivity index (χ4n) is 4.11. The van der Waals surface area contributed by atoms with Crippen molar-refractivity contribution in [1.29, 1.82) is 0 Å². The lowest BCUT2D eigenvalue weighted by molar-refractivity contribution is -0.118. The number of ketones is 1. The van der Waals surface area contributed by atoms with Crippen molar-refractivity contribution in [1.82, 2.24) is 19.6 Å². The van der Waals surface area contributed by atoms with Crippen molar-refractivity contribution in [2.75, 3.05) is 0 Å². The molecule has 0 aliphatic rings. The Balaban J connectivity index is 1.65. The number of nitrogens with zero attached hydrogens (tertiary/aromatic N) is 3. The van der Waals surface area contributed by atoms with E-state index in [0.717, 1.165) is 18.4 Å². The maximum atomic E-state index is 12.8. The molecule has 1 atom stereocenters. The Morgan fingerprint density at radius 3 is 2.44 bits per heavy atom. The molecular weight excluding hydrogens is 400 g/mol. The number of Topliss-reactive ketones (excluding diaryl/α,β-unsaturated/α-hetero) is 1. The molecule has 0 fully saturated rings. The maximum Gasteiger partial charge on any atom is 0.277 e. The minimum absolute atomic E-state index is 0.0344. The minimum atomic E-state index is -0.401. The Bertz CT molecular complexity index is 1290. The van der Waals surface area contributed by atoms with Crippen molar-refractivity contribution >= 4 is 11.3 Å². The molecule has 0 spiro atoms. The molecule has 4 aromatic rings. The quantitative estimate of drug-likeness (QED) is 0.453. The van der Waals surface area contributed by atoms with Gasteiger partial charge in [0.2, 0.25) is 0 Å². The fourth-order valence-corrected chi connectivity index (χ4v) is 4.11. The van der Waals surface area contributed by atoms with Gasteiger partial charge in [0, 0.05) is 6.42 Å². The van der Waals surface area contributed by atoms with Crippen molar-refractivity contribution in [3.63, 3.8) is 0 Å².